The van der Waals surface area contributed by atoms with Crippen LogP contribution >= 0.6 is 11.3 Å². The first-order valence-corrected chi connectivity index (χ1v) is 4.62. The average molecular weight is 201 g/mol. The first-order chi connectivity index (χ1) is 6.13. The topological polar surface area (TPSA) is 59.4 Å². The molecule has 5 heteroatoms. The summed E-state index contributed by atoms with van der Waals surface area (Å²) in [6.45, 7) is 1.85. The van der Waals surface area contributed by atoms with Crippen LogP contribution in [0.3, 0.4) is 0 Å². The van der Waals surface area contributed by atoms with E-state index in [1.807, 2.05) is 6.92 Å². The van der Waals surface area contributed by atoms with E-state index < -0.39 is 12.1 Å². The van der Waals surface area contributed by atoms with E-state index in [0.717, 1.165) is 5.01 Å². The SMILES string of the molecule is COC(=O)C[C@H](O)c1cnc(C)s1. The molecule has 0 aliphatic rings. The zero-order valence-electron chi connectivity index (χ0n) is 7.48. The van der Waals surface area contributed by atoms with Crippen LogP contribution in [-0.2, 0) is 9.53 Å². The van der Waals surface area contributed by atoms with Crippen molar-refractivity contribution in [2.24, 2.45) is 0 Å². The Morgan fingerprint density at radius 2 is 2.54 bits per heavy atom. The normalized spacial score (nSPS) is 12.5. The minimum atomic E-state index is -0.793. The monoisotopic (exact) mass is 201 g/mol. The molecule has 0 bridgehead atoms. The van der Waals surface area contributed by atoms with Gasteiger partial charge < -0.3 is 9.84 Å². The summed E-state index contributed by atoms with van der Waals surface area (Å²) in [5.41, 5.74) is 0. The number of ether oxygens (including phenoxy) is 1. The Morgan fingerprint density at radius 1 is 1.85 bits per heavy atom. The molecule has 1 rings (SSSR count). The molecule has 0 amide bonds. The molecule has 1 heterocycles. The lowest BCUT2D eigenvalue weighted by molar-refractivity contribution is -0.142. The van der Waals surface area contributed by atoms with Crippen LogP contribution in [0.5, 0.6) is 0 Å². The van der Waals surface area contributed by atoms with E-state index in [1.54, 1.807) is 6.20 Å². The number of carbonyl (C=O) groups excluding carboxylic acids is 1. The van der Waals surface area contributed by atoms with Crippen molar-refractivity contribution in [3.63, 3.8) is 0 Å². The van der Waals surface area contributed by atoms with E-state index in [-0.39, 0.29) is 6.42 Å². The third-order valence-corrected chi connectivity index (χ3v) is 2.57. The Balaban J connectivity index is 2.58. The standard InChI is InChI=1S/C8H11NO3S/c1-5-9-4-7(13-5)6(10)3-8(11)12-2/h4,6,10H,3H2,1-2H3/t6-/m0/s1. The molecule has 1 aromatic heterocycles. The van der Waals surface area contributed by atoms with Gasteiger partial charge in [0.15, 0.2) is 0 Å². The largest absolute Gasteiger partial charge is 0.469 e. The molecule has 0 aliphatic heterocycles. The summed E-state index contributed by atoms with van der Waals surface area (Å²) >= 11 is 1.38. The predicted octanol–water partition coefficient (Wildman–Crippen LogP) is 1.05. The fraction of sp³-hybridized carbons (Fsp3) is 0.500. The molecular formula is C8H11NO3S. The van der Waals surface area contributed by atoms with Gasteiger partial charge in [0.2, 0.25) is 0 Å². The molecule has 0 fully saturated rings. The summed E-state index contributed by atoms with van der Waals surface area (Å²) < 4.78 is 4.43. The summed E-state index contributed by atoms with van der Waals surface area (Å²) in [7, 11) is 1.30. The maximum atomic E-state index is 10.8. The quantitative estimate of drug-likeness (QED) is 0.742. The molecule has 0 saturated heterocycles. The number of aromatic nitrogens is 1. The Bertz CT molecular complexity index is 297. The van der Waals surface area contributed by atoms with Crippen molar-refractivity contribution >= 4 is 17.3 Å². The summed E-state index contributed by atoms with van der Waals surface area (Å²) in [5, 5.41) is 10.4. The highest BCUT2D eigenvalue weighted by Crippen LogP contribution is 2.22. The smallest absolute Gasteiger partial charge is 0.308 e. The molecule has 13 heavy (non-hydrogen) atoms. The molecule has 1 aromatic rings. The number of hydrogen-bond acceptors (Lipinski definition) is 5. The fourth-order valence-electron chi connectivity index (χ4n) is 0.874. The predicted molar refractivity (Wildman–Crippen MR) is 48.4 cm³/mol. The second-order valence-electron chi connectivity index (χ2n) is 2.58. The molecule has 72 valence electrons. The lowest BCUT2D eigenvalue weighted by Crippen LogP contribution is -2.06. The van der Waals surface area contributed by atoms with E-state index >= 15 is 0 Å². The van der Waals surface area contributed by atoms with Crippen molar-refractivity contribution in [3.05, 3.63) is 16.1 Å². The van der Waals surface area contributed by atoms with Crippen LogP contribution in [0, 0.1) is 6.92 Å². The molecule has 0 saturated carbocycles. The van der Waals surface area contributed by atoms with E-state index in [1.165, 1.54) is 18.4 Å². The molecule has 1 atom stereocenters. The first kappa shape index (κ1) is 10.1. The average Bonchev–Trinajstić information content (AvgIpc) is 2.51. The Kier molecular flexibility index (Phi) is 3.39. The lowest BCUT2D eigenvalue weighted by Gasteiger charge is -2.04. The molecule has 0 unspecified atom stereocenters. The van der Waals surface area contributed by atoms with Gasteiger partial charge in [-0.3, -0.25) is 4.79 Å². The fourth-order valence-corrected chi connectivity index (χ4v) is 1.64. The second-order valence-corrected chi connectivity index (χ2v) is 3.84. The summed E-state index contributed by atoms with van der Waals surface area (Å²) in [4.78, 5) is 15.5. The van der Waals surface area contributed by atoms with Gasteiger partial charge in [-0.05, 0) is 6.92 Å². The van der Waals surface area contributed by atoms with Crippen molar-refractivity contribution in [2.45, 2.75) is 19.4 Å². The van der Waals surface area contributed by atoms with Gasteiger partial charge in [-0.1, -0.05) is 0 Å². The lowest BCUT2D eigenvalue weighted by atomic mass is 10.2. The van der Waals surface area contributed by atoms with Crippen LogP contribution < -0.4 is 0 Å². The van der Waals surface area contributed by atoms with Gasteiger partial charge >= 0.3 is 5.97 Å². The maximum Gasteiger partial charge on any atom is 0.308 e. The van der Waals surface area contributed by atoms with Gasteiger partial charge in [0, 0.05) is 6.20 Å². The maximum absolute atomic E-state index is 10.8. The summed E-state index contributed by atoms with van der Waals surface area (Å²) in [5.74, 6) is -0.418. The second kappa shape index (κ2) is 4.34. The van der Waals surface area contributed by atoms with Crippen molar-refractivity contribution < 1.29 is 14.6 Å². The highest BCUT2D eigenvalue weighted by atomic mass is 32.1. The van der Waals surface area contributed by atoms with Crippen molar-refractivity contribution in [2.75, 3.05) is 7.11 Å². The molecule has 0 radical (unpaired) electrons. The van der Waals surface area contributed by atoms with Crippen LogP contribution in [0.1, 0.15) is 22.4 Å². The van der Waals surface area contributed by atoms with Crippen LogP contribution in [0.2, 0.25) is 0 Å². The molecule has 1 N–H and O–H groups in total. The van der Waals surface area contributed by atoms with Crippen LogP contribution in [0.15, 0.2) is 6.20 Å². The number of carbonyl (C=O) groups is 1. The molecule has 0 aliphatic carbocycles. The van der Waals surface area contributed by atoms with Gasteiger partial charge in [0.05, 0.1) is 23.4 Å². The van der Waals surface area contributed by atoms with Crippen molar-refractivity contribution in [1.29, 1.82) is 0 Å². The van der Waals surface area contributed by atoms with Gasteiger partial charge in [-0.25, -0.2) is 4.98 Å². The van der Waals surface area contributed by atoms with Gasteiger partial charge in [-0.2, -0.15) is 0 Å². The van der Waals surface area contributed by atoms with E-state index in [0.29, 0.717) is 4.88 Å². The highest BCUT2D eigenvalue weighted by molar-refractivity contribution is 7.11. The minimum Gasteiger partial charge on any atom is -0.469 e. The minimum absolute atomic E-state index is 0.0157. The number of esters is 1. The third-order valence-electron chi connectivity index (χ3n) is 1.56. The molecular weight excluding hydrogens is 190 g/mol. The van der Waals surface area contributed by atoms with Crippen LogP contribution in [-0.4, -0.2) is 23.2 Å². The Morgan fingerprint density at radius 3 is 3.00 bits per heavy atom. The zero-order valence-corrected chi connectivity index (χ0v) is 8.30. The van der Waals surface area contributed by atoms with E-state index in [9.17, 15) is 9.90 Å². The number of hydrogen-bond donors (Lipinski definition) is 1. The van der Waals surface area contributed by atoms with Gasteiger partial charge in [0.1, 0.15) is 6.10 Å². The zero-order chi connectivity index (χ0) is 9.84. The van der Waals surface area contributed by atoms with Crippen LogP contribution in [0.4, 0.5) is 0 Å². The van der Waals surface area contributed by atoms with Gasteiger partial charge in [0.25, 0.3) is 0 Å². The van der Waals surface area contributed by atoms with E-state index in [2.05, 4.69) is 9.72 Å². The Hall–Kier alpha value is -0.940. The Labute approximate surface area is 80.2 Å². The third kappa shape index (κ3) is 2.78. The molecule has 4 nitrogen and oxygen atoms in total. The number of nitrogens with zero attached hydrogens (tertiary/aromatic N) is 1. The molecule has 0 aromatic carbocycles. The highest BCUT2D eigenvalue weighted by Gasteiger charge is 2.15. The van der Waals surface area contributed by atoms with Crippen molar-refractivity contribution in [3.8, 4) is 0 Å². The molecule has 0 spiro atoms. The number of aliphatic hydroxyl groups excluding tert-OH is 1. The number of methoxy groups -OCH3 is 1. The summed E-state index contributed by atoms with van der Waals surface area (Å²) in [6.07, 6.45) is 0.768. The number of rotatable bonds is 3. The van der Waals surface area contributed by atoms with Crippen molar-refractivity contribution in [1.82, 2.24) is 4.98 Å². The number of aryl methyl sites for hydroxylation is 1. The summed E-state index contributed by atoms with van der Waals surface area (Å²) in [6, 6.07) is 0. The number of aliphatic hydroxyl groups is 1. The van der Waals surface area contributed by atoms with Gasteiger partial charge in [-0.15, -0.1) is 11.3 Å². The van der Waals surface area contributed by atoms with E-state index in [4.69, 9.17) is 0 Å². The first-order valence-electron chi connectivity index (χ1n) is 3.80. The van der Waals surface area contributed by atoms with Crippen LogP contribution in [0.25, 0.3) is 0 Å². The number of thiazole rings is 1.